The van der Waals surface area contributed by atoms with Crippen molar-refractivity contribution >= 4 is 38.7 Å². The second kappa shape index (κ2) is 11.1. The molecule has 0 bridgehead atoms. The van der Waals surface area contributed by atoms with Crippen LogP contribution < -0.4 is 9.80 Å². The largest absolute Gasteiger partial charge is 0.395 e. The van der Waals surface area contributed by atoms with E-state index in [1.165, 1.54) is 23.5 Å². The van der Waals surface area contributed by atoms with Crippen LogP contribution in [0.15, 0.2) is 42.5 Å². The lowest BCUT2D eigenvalue weighted by Gasteiger charge is -2.36. The van der Waals surface area contributed by atoms with E-state index in [1.807, 2.05) is 17.9 Å². The van der Waals surface area contributed by atoms with E-state index >= 15 is 4.39 Å². The molecule has 0 amide bonds. The third-order valence-electron chi connectivity index (χ3n) is 7.67. The Labute approximate surface area is 235 Å². The molecule has 1 aliphatic heterocycles. The zero-order valence-corrected chi connectivity index (χ0v) is 23.1. The van der Waals surface area contributed by atoms with Crippen LogP contribution in [0.4, 0.5) is 25.3 Å². The van der Waals surface area contributed by atoms with Gasteiger partial charge in [-0.2, -0.15) is 5.26 Å². The first-order chi connectivity index (χ1) is 19.5. The normalized spacial score (nSPS) is 15.9. The summed E-state index contributed by atoms with van der Waals surface area (Å²) >= 11 is 1.28. The topological polar surface area (TPSA) is 79.5 Å². The Morgan fingerprint density at radius 3 is 2.48 bits per heavy atom. The van der Waals surface area contributed by atoms with Gasteiger partial charge >= 0.3 is 0 Å². The molecule has 7 nitrogen and oxygen atoms in total. The molecule has 1 aliphatic carbocycles. The number of hydrogen-bond acceptors (Lipinski definition) is 8. The van der Waals surface area contributed by atoms with Crippen LogP contribution >= 0.6 is 11.3 Å². The highest BCUT2D eigenvalue weighted by atomic mass is 32.1. The number of piperazine rings is 1. The number of nitriles is 1. The molecule has 1 saturated carbocycles. The number of β-amino-alcohol motifs (C(OH)–C–C–N with tert-alkyl or cyclic N) is 1. The highest BCUT2D eigenvalue weighted by molar-refractivity contribution is 7.16. The van der Waals surface area contributed by atoms with Crippen molar-refractivity contribution in [2.24, 2.45) is 0 Å². The van der Waals surface area contributed by atoms with Crippen molar-refractivity contribution in [2.45, 2.75) is 25.7 Å². The first-order valence-electron chi connectivity index (χ1n) is 13.7. The number of rotatable bonds is 8. The van der Waals surface area contributed by atoms with E-state index in [2.05, 4.69) is 21.9 Å². The highest BCUT2D eigenvalue weighted by Crippen LogP contribution is 2.45. The predicted molar refractivity (Wildman–Crippen MR) is 154 cm³/mol. The molecule has 206 valence electrons. The number of aliphatic hydroxyl groups is 1. The molecular weight excluding hydrogens is 530 g/mol. The van der Waals surface area contributed by atoms with Gasteiger partial charge in [0.2, 0.25) is 0 Å². The summed E-state index contributed by atoms with van der Waals surface area (Å²) in [6.45, 7) is 6.41. The van der Waals surface area contributed by atoms with E-state index in [0.29, 0.717) is 51.2 Å². The third-order valence-corrected chi connectivity index (χ3v) is 8.65. The number of thiazole rings is 1. The van der Waals surface area contributed by atoms with Crippen molar-refractivity contribution in [1.82, 2.24) is 14.9 Å². The fraction of sp³-hybridized carbons (Fsp3) is 0.367. The first-order valence-corrected chi connectivity index (χ1v) is 14.5. The number of nitrogens with zero attached hydrogens (tertiary/aromatic N) is 6. The molecule has 1 saturated heterocycles. The Kier molecular flexibility index (Phi) is 7.36. The Bertz CT molecular complexity index is 1570. The van der Waals surface area contributed by atoms with Gasteiger partial charge in [0.1, 0.15) is 28.0 Å². The second-order valence-corrected chi connectivity index (χ2v) is 11.2. The van der Waals surface area contributed by atoms with E-state index in [0.717, 1.165) is 56.1 Å². The van der Waals surface area contributed by atoms with Crippen LogP contribution in [0.2, 0.25) is 0 Å². The predicted octanol–water partition coefficient (Wildman–Crippen LogP) is 5.66. The SMILES string of the molecule is CCN(c1nc(-c2ccc(F)cc2)c(C#N)s1)c1cc(C2CC2)nc2c(F)cc(N3CCN(CCO)CC3)cc12. The maximum atomic E-state index is 15.8. The smallest absolute Gasteiger partial charge is 0.191 e. The average molecular weight is 561 g/mol. The Balaban J connectivity index is 1.44. The van der Waals surface area contributed by atoms with Crippen LogP contribution in [-0.2, 0) is 0 Å². The van der Waals surface area contributed by atoms with Gasteiger partial charge in [-0.15, -0.1) is 0 Å². The number of aliphatic hydroxyl groups excluding tert-OH is 1. The molecule has 0 spiro atoms. The molecule has 0 unspecified atom stereocenters. The van der Waals surface area contributed by atoms with Crippen LogP contribution in [0.25, 0.3) is 22.2 Å². The third kappa shape index (κ3) is 5.12. The highest BCUT2D eigenvalue weighted by Gasteiger charge is 2.29. The van der Waals surface area contributed by atoms with Gasteiger partial charge in [0, 0.05) is 67.5 Å². The van der Waals surface area contributed by atoms with Crippen molar-refractivity contribution in [3.05, 3.63) is 64.7 Å². The van der Waals surface area contributed by atoms with Crippen LogP contribution in [-0.4, -0.2) is 65.8 Å². The summed E-state index contributed by atoms with van der Waals surface area (Å²) in [6, 6.07) is 13.9. The average Bonchev–Trinajstić information content (AvgIpc) is 3.74. The first kappa shape index (κ1) is 26.6. The molecule has 10 heteroatoms. The molecule has 0 radical (unpaired) electrons. The van der Waals surface area contributed by atoms with Gasteiger partial charge in [-0.05, 0) is 62.2 Å². The number of anilines is 3. The van der Waals surface area contributed by atoms with Gasteiger partial charge in [0.25, 0.3) is 0 Å². The van der Waals surface area contributed by atoms with Gasteiger partial charge < -0.3 is 14.9 Å². The Morgan fingerprint density at radius 1 is 1.07 bits per heavy atom. The molecule has 2 fully saturated rings. The van der Waals surface area contributed by atoms with Gasteiger partial charge in [-0.25, -0.2) is 18.7 Å². The van der Waals surface area contributed by atoms with Crippen molar-refractivity contribution in [2.75, 3.05) is 55.7 Å². The lowest BCUT2D eigenvalue weighted by Crippen LogP contribution is -2.47. The fourth-order valence-electron chi connectivity index (χ4n) is 5.35. The monoisotopic (exact) mass is 560 g/mol. The summed E-state index contributed by atoms with van der Waals surface area (Å²) in [7, 11) is 0. The summed E-state index contributed by atoms with van der Waals surface area (Å²) in [5.74, 6) is -0.383. The summed E-state index contributed by atoms with van der Waals surface area (Å²) in [4.78, 5) is 16.4. The molecule has 2 aromatic heterocycles. The van der Waals surface area contributed by atoms with Crippen LogP contribution in [0.3, 0.4) is 0 Å². The van der Waals surface area contributed by atoms with Crippen molar-refractivity contribution < 1.29 is 13.9 Å². The standard InChI is InChI=1S/C30H30F2N6OS/c1-2-38(30-35-28(27(18-33)40-30)20-5-7-21(31)8-6-20)26-17-25(19-3-4-19)34-29-23(26)15-22(16-24(29)32)37-11-9-36(10-12-37)13-14-39/h5-8,15-17,19,39H,2-4,9-14H2,1H3. The minimum Gasteiger partial charge on any atom is -0.395 e. The molecule has 2 aliphatic rings. The maximum Gasteiger partial charge on any atom is 0.191 e. The van der Waals surface area contributed by atoms with Crippen LogP contribution in [0, 0.1) is 23.0 Å². The zero-order valence-electron chi connectivity index (χ0n) is 22.3. The Hall–Kier alpha value is -3.65. The number of pyridine rings is 1. The van der Waals surface area contributed by atoms with Gasteiger partial charge in [-0.1, -0.05) is 11.3 Å². The van der Waals surface area contributed by atoms with Crippen molar-refractivity contribution in [1.29, 1.82) is 5.26 Å². The van der Waals surface area contributed by atoms with E-state index < -0.39 is 0 Å². The Morgan fingerprint density at radius 2 is 1.82 bits per heavy atom. The molecule has 40 heavy (non-hydrogen) atoms. The molecule has 2 aromatic carbocycles. The van der Waals surface area contributed by atoms with E-state index in [9.17, 15) is 14.8 Å². The summed E-state index contributed by atoms with van der Waals surface area (Å²) in [5, 5.41) is 20.5. The fourth-order valence-corrected chi connectivity index (χ4v) is 6.31. The quantitative estimate of drug-likeness (QED) is 0.298. The van der Waals surface area contributed by atoms with Crippen molar-refractivity contribution in [3.63, 3.8) is 0 Å². The van der Waals surface area contributed by atoms with Crippen molar-refractivity contribution in [3.8, 4) is 17.3 Å². The minimum atomic E-state index is -0.353. The van der Waals surface area contributed by atoms with E-state index in [1.54, 1.807) is 18.2 Å². The number of hydrogen-bond donors (Lipinski definition) is 1. The number of aromatic nitrogens is 2. The minimum absolute atomic E-state index is 0.128. The molecule has 3 heterocycles. The molecular formula is C30H30F2N6OS. The molecule has 4 aromatic rings. The number of fused-ring (bicyclic) bond motifs is 1. The lowest BCUT2D eigenvalue weighted by atomic mass is 10.1. The lowest BCUT2D eigenvalue weighted by molar-refractivity contribution is 0.189. The summed E-state index contributed by atoms with van der Waals surface area (Å²) in [5.41, 5.74) is 4.02. The second-order valence-electron chi connectivity index (χ2n) is 10.3. The summed E-state index contributed by atoms with van der Waals surface area (Å²) in [6.07, 6.45) is 2.07. The molecule has 0 atom stereocenters. The number of halogens is 2. The van der Waals surface area contributed by atoms with Gasteiger partial charge in [-0.3, -0.25) is 4.90 Å². The van der Waals surface area contributed by atoms with Crippen LogP contribution in [0.1, 0.15) is 36.3 Å². The molecule has 6 rings (SSSR count). The summed E-state index contributed by atoms with van der Waals surface area (Å²) < 4.78 is 29.3. The maximum absolute atomic E-state index is 15.8. The zero-order chi connectivity index (χ0) is 27.8. The van der Waals surface area contributed by atoms with E-state index in [4.69, 9.17) is 9.97 Å². The van der Waals surface area contributed by atoms with Gasteiger partial charge in [0.15, 0.2) is 10.9 Å². The van der Waals surface area contributed by atoms with Crippen LogP contribution in [0.5, 0.6) is 0 Å². The number of benzene rings is 2. The molecule has 1 N–H and O–H groups in total. The van der Waals surface area contributed by atoms with Gasteiger partial charge in [0.05, 0.1) is 12.3 Å². The van der Waals surface area contributed by atoms with E-state index in [-0.39, 0.29) is 18.2 Å².